The maximum absolute atomic E-state index is 14.4. The summed E-state index contributed by atoms with van der Waals surface area (Å²) >= 11 is 12.2. The molecule has 0 saturated heterocycles. The van der Waals surface area contributed by atoms with Gasteiger partial charge in [0.2, 0.25) is 0 Å². The van der Waals surface area contributed by atoms with Crippen molar-refractivity contribution in [3.05, 3.63) is 110 Å². The highest BCUT2D eigenvalue weighted by atomic mass is 35.5. The van der Waals surface area contributed by atoms with E-state index in [2.05, 4.69) is 73.7 Å². The van der Waals surface area contributed by atoms with Gasteiger partial charge in [0.1, 0.15) is 22.8 Å². The van der Waals surface area contributed by atoms with Gasteiger partial charge in [-0.3, -0.25) is 9.79 Å². The van der Waals surface area contributed by atoms with Crippen LogP contribution in [0, 0.1) is 13.8 Å². The molecule has 0 saturated carbocycles. The summed E-state index contributed by atoms with van der Waals surface area (Å²) in [5.41, 5.74) is 7.18. The predicted molar refractivity (Wildman–Crippen MR) is 183 cm³/mol. The lowest BCUT2D eigenvalue weighted by atomic mass is 9.73. The third-order valence-corrected chi connectivity index (χ3v) is 9.05. The Hall–Kier alpha value is -4.20. The number of aryl methyl sites for hydroxylation is 2. The molecule has 7 nitrogen and oxygen atoms in total. The number of nitrogens with zero attached hydrogens (tertiary/aromatic N) is 2. The van der Waals surface area contributed by atoms with Crippen LogP contribution >= 0.6 is 23.2 Å². The van der Waals surface area contributed by atoms with Crippen molar-refractivity contribution in [2.45, 2.75) is 39.7 Å². The van der Waals surface area contributed by atoms with Crippen molar-refractivity contribution >= 4 is 46.7 Å². The Bertz CT molecular complexity index is 1780. The first-order valence-electron chi connectivity index (χ1n) is 15.3. The summed E-state index contributed by atoms with van der Waals surface area (Å²) in [5.74, 6) is 1.34. The SMILES string of the molecule is CCNc1cc2c(cc1C)C1(c3cc(C)c(NCC)cc3O2)c2ccccc2C(=O)N1CCCN=Cc1cc(Cl)cc(Cl)c1O. The lowest BCUT2D eigenvalue weighted by molar-refractivity contribution is 0.0664. The molecule has 0 unspecified atom stereocenters. The van der Waals surface area contributed by atoms with Gasteiger partial charge < -0.3 is 25.4 Å². The number of benzene rings is 4. The summed E-state index contributed by atoms with van der Waals surface area (Å²) in [6.07, 6.45) is 2.15. The molecule has 0 aliphatic carbocycles. The smallest absolute Gasteiger partial charge is 0.255 e. The number of rotatable bonds is 9. The van der Waals surface area contributed by atoms with Gasteiger partial charge in [0.25, 0.3) is 5.91 Å². The van der Waals surface area contributed by atoms with Crippen LogP contribution in [-0.4, -0.2) is 48.3 Å². The van der Waals surface area contributed by atoms with Crippen LogP contribution in [0.3, 0.4) is 0 Å². The third-order valence-electron chi connectivity index (χ3n) is 8.54. The van der Waals surface area contributed by atoms with Crippen LogP contribution in [0.4, 0.5) is 11.4 Å². The number of carbonyl (C=O) groups excluding carboxylic acids is 1. The van der Waals surface area contributed by atoms with Gasteiger partial charge in [-0.15, -0.1) is 0 Å². The molecule has 0 atom stereocenters. The highest BCUT2D eigenvalue weighted by Gasteiger charge is 2.56. The molecule has 0 fully saturated rings. The van der Waals surface area contributed by atoms with Crippen molar-refractivity contribution in [1.82, 2.24) is 4.90 Å². The molecule has 9 heteroatoms. The lowest BCUT2D eigenvalue weighted by Crippen LogP contribution is -2.48. The minimum atomic E-state index is -0.899. The van der Waals surface area contributed by atoms with Gasteiger partial charge in [-0.1, -0.05) is 41.4 Å². The van der Waals surface area contributed by atoms with Crippen LogP contribution in [0.2, 0.25) is 10.0 Å². The number of halogens is 2. The summed E-state index contributed by atoms with van der Waals surface area (Å²) in [6, 6.07) is 19.4. The Labute approximate surface area is 273 Å². The number of ether oxygens (including phenoxy) is 1. The Balaban J connectivity index is 1.47. The van der Waals surface area contributed by atoms with Crippen molar-refractivity contribution in [2.24, 2.45) is 4.99 Å². The zero-order valence-electron chi connectivity index (χ0n) is 25.8. The predicted octanol–water partition coefficient (Wildman–Crippen LogP) is 8.54. The number of hydrogen-bond acceptors (Lipinski definition) is 6. The Morgan fingerprint density at radius 2 is 1.53 bits per heavy atom. The first kappa shape index (κ1) is 30.8. The fraction of sp³-hybridized carbons (Fsp3) is 0.278. The number of fused-ring (bicyclic) bond motifs is 6. The molecule has 2 aliphatic rings. The average Bonchev–Trinajstić information content (AvgIpc) is 3.25. The van der Waals surface area contributed by atoms with Crippen molar-refractivity contribution in [3.8, 4) is 17.2 Å². The normalized spacial score (nSPS) is 14.4. The molecule has 4 aromatic carbocycles. The van der Waals surface area contributed by atoms with Crippen LogP contribution < -0.4 is 15.4 Å². The first-order chi connectivity index (χ1) is 21.7. The molecule has 4 aromatic rings. The van der Waals surface area contributed by atoms with Crippen LogP contribution in [0.1, 0.15) is 64.0 Å². The van der Waals surface area contributed by atoms with Crippen LogP contribution in [-0.2, 0) is 5.54 Å². The zero-order valence-corrected chi connectivity index (χ0v) is 27.3. The Morgan fingerprint density at radius 3 is 2.16 bits per heavy atom. The molecule has 0 aromatic heterocycles. The van der Waals surface area contributed by atoms with Gasteiger partial charge in [0, 0.05) is 83.2 Å². The van der Waals surface area contributed by atoms with E-state index in [1.54, 1.807) is 12.3 Å². The number of phenols is 1. The van der Waals surface area contributed by atoms with Gasteiger partial charge in [0.15, 0.2) is 0 Å². The number of amides is 1. The zero-order chi connectivity index (χ0) is 31.9. The fourth-order valence-corrected chi connectivity index (χ4v) is 7.09. The molecule has 0 radical (unpaired) electrons. The minimum absolute atomic E-state index is 0.0329. The topological polar surface area (TPSA) is 86.2 Å². The molecule has 2 aliphatic heterocycles. The van der Waals surface area contributed by atoms with E-state index < -0.39 is 5.54 Å². The van der Waals surface area contributed by atoms with E-state index in [0.29, 0.717) is 35.7 Å². The number of anilines is 2. The van der Waals surface area contributed by atoms with Crippen molar-refractivity contribution in [2.75, 3.05) is 36.8 Å². The van der Waals surface area contributed by atoms with Crippen LogP contribution in [0.15, 0.2) is 65.7 Å². The van der Waals surface area contributed by atoms with Crippen molar-refractivity contribution in [1.29, 1.82) is 0 Å². The quantitative estimate of drug-likeness (QED) is 0.126. The highest BCUT2D eigenvalue weighted by Crippen LogP contribution is 2.58. The monoisotopic (exact) mass is 642 g/mol. The maximum Gasteiger partial charge on any atom is 0.255 e. The Kier molecular flexibility index (Phi) is 8.42. The highest BCUT2D eigenvalue weighted by molar-refractivity contribution is 6.36. The molecule has 6 rings (SSSR count). The molecule has 1 spiro atoms. The molecule has 2 heterocycles. The maximum atomic E-state index is 14.4. The van der Waals surface area contributed by atoms with Crippen molar-refractivity contribution < 1.29 is 14.6 Å². The van der Waals surface area contributed by atoms with Crippen molar-refractivity contribution in [3.63, 3.8) is 0 Å². The second-order valence-corrected chi connectivity index (χ2v) is 12.3. The standard InChI is InChI=1S/C36H36Cl2N4O3/c1-5-40-30-18-32-27(14-21(30)3)36(28-15-22(4)31(41-6-2)19-33(28)45-32)26-11-8-7-10-25(26)35(44)42(36)13-9-12-39-20-23-16-24(37)17-29(38)34(23)43/h7-8,10-11,14-20,40-41,43H,5-6,9,12-13H2,1-4H3. The van der Waals surface area contributed by atoms with E-state index in [-0.39, 0.29) is 16.7 Å². The summed E-state index contributed by atoms with van der Waals surface area (Å²) in [5, 5.41) is 17.8. The van der Waals surface area contributed by atoms with Crippen LogP contribution in [0.25, 0.3) is 0 Å². The van der Waals surface area contributed by atoms with E-state index >= 15 is 0 Å². The van der Waals surface area contributed by atoms with E-state index in [1.807, 2.05) is 23.1 Å². The fourth-order valence-electron chi connectivity index (χ4n) is 6.58. The average molecular weight is 644 g/mol. The largest absolute Gasteiger partial charge is 0.506 e. The van der Waals surface area contributed by atoms with E-state index in [0.717, 1.165) is 63.8 Å². The molecule has 3 N–H and O–H groups in total. The number of aliphatic imine (C=N–C) groups is 1. The third kappa shape index (κ3) is 5.18. The van der Waals surface area contributed by atoms with E-state index in [4.69, 9.17) is 27.9 Å². The first-order valence-corrected chi connectivity index (χ1v) is 16.0. The number of nitrogens with one attached hydrogen (secondary N) is 2. The molecule has 0 bridgehead atoms. The summed E-state index contributed by atoms with van der Waals surface area (Å²) in [4.78, 5) is 20.9. The number of aromatic hydroxyl groups is 1. The van der Waals surface area contributed by atoms with Gasteiger partial charge in [-0.25, -0.2) is 0 Å². The number of carbonyl (C=O) groups is 1. The van der Waals surface area contributed by atoms with Gasteiger partial charge in [-0.2, -0.15) is 0 Å². The van der Waals surface area contributed by atoms with Gasteiger partial charge in [0.05, 0.1) is 5.02 Å². The number of hydrogen-bond donors (Lipinski definition) is 3. The van der Waals surface area contributed by atoms with Gasteiger partial charge >= 0.3 is 0 Å². The molecular weight excluding hydrogens is 607 g/mol. The Morgan fingerprint density at radius 1 is 0.911 bits per heavy atom. The molecule has 45 heavy (non-hydrogen) atoms. The summed E-state index contributed by atoms with van der Waals surface area (Å²) in [7, 11) is 0. The second-order valence-electron chi connectivity index (χ2n) is 11.4. The minimum Gasteiger partial charge on any atom is -0.506 e. The van der Waals surface area contributed by atoms with E-state index in [1.165, 1.54) is 6.07 Å². The second kappa shape index (κ2) is 12.3. The molecule has 1 amide bonds. The summed E-state index contributed by atoms with van der Waals surface area (Å²) < 4.78 is 6.68. The summed E-state index contributed by atoms with van der Waals surface area (Å²) in [6.45, 7) is 10.7. The van der Waals surface area contributed by atoms with Crippen LogP contribution in [0.5, 0.6) is 17.2 Å². The van der Waals surface area contributed by atoms with Gasteiger partial charge in [-0.05, 0) is 81.1 Å². The molecule has 232 valence electrons. The van der Waals surface area contributed by atoms with E-state index in [9.17, 15) is 9.90 Å². The molecular formula is C36H36Cl2N4O3. The number of phenolic OH excluding ortho intramolecular Hbond substituents is 1. The lowest BCUT2D eigenvalue weighted by Gasteiger charge is -2.45.